The van der Waals surface area contributed by atoms with E-state index in [-0.39, 0.29) is 30.8 Å². The lowest BCUT2D eigenvalue weighted by molar-refractivity contribution is -0.139. The summed E-state index contributed by atoms with van der Waals surface area (Å²) in [5.41, 5.74) is 0.693. The molecule has 0 bridgehead atoms. The summed E-state index contributed by atoms with van der Waals surface area (Å²) in [6.45, 7) is 4.04. The Morgan fingerprint density at radius 2 is 2.04 bits per heavy atom. The van der Waals surface area contributed by atoms with Crippen molar-refractivity contribution in [2.45, 2.75) is 50.8 Å². The third-order valence-corrected chi connectivity index (χ3v) is 5.28. The Balaban J connectivity index is 1.36. The molecule has 1 unspecified atom stereocenters. The number of likely N-dealkylation sites (N-methyl/N-ethyl adjacent to an activating group) is 1. The van der Waals surface area contributed by atoms with Crippen LogP contribution in [0.5, 0.6) is 5.75 Å². The lowest BCUT2D eigenvalue weighted by Crippen LogP contribution is -2.55. The van der Waals surface area contributed by atoms with Gasteiger partial charge in [-0.3, -0.25) is 9.69 Å². The molecule has 2 aliphatic rings. The molecular formula is C20H29N3O5. The zero-order valence-corrected chi connectivity index (χ0v) is 16.2. The van der Waals surface area contributed by atoms with Gasteiger partial charge in [-0.15, -0.1) is 0 Å². The molecule has 3 N–H and O–H groups in total. The normalized spacial score (nSPS) is 23.9. The van der Waals surface area contributed by atoms with Gasteiger partial charge in [-0.2, -0.15) is 0 Å². The van der Waals surface area contributed by atoms with Crippen molar-refractivity contribution in [3.8, 4) is 5.75 Å². The first-order valence-corrected chi connectivity index (χ1v) is 9.91. The molecule has 1 aliphatic carbocycles. The molecule has 2 fully saturated rings. The van der Waals surface area contributed by atoms with Crippen molar-refractivity contribution in [1.82, 2.24) is 10.2 Å². The average molecular weight is 391 g/mol. The van der Waals surface area contributed by atoms with Crippen LogP contribution in [-0.4, -0.2) is 66.5 Å². The average Bonchev–Trinajstić information content (AvgIpc) is 3.15. The zero-order valence-electron chi connectivity index (χ0n) is 16.2. The van der Waals surface area contributed by atoms with E-state index in [1.165, 1.54) is 0 Å². The van der Waals surface area contributed by atoms with E-state index < -0.39 is 5.97 Å². The molecule has 1 atom stereocenters. The second-order valence-electron chi connectivity index (χ2n) is 7.35. The number of carbonyl (C=O) groups is 2. The highest BCUT2D eigenvalue weighted by Crippen LogP contribution is 2.26. The Bertz CT molecular complexity index is 654. The number of aliphatic carboxylic acids is 1. The van der Waals surface area contributed by atoms with Crippen molar-refractivity contribution >= 4 is 17.7 Å². The Morgan fingerprint density at radius 3 is 2.64 bits per heavy atom. The molecule has 1 aliphatic heterocycles. The molecule has 1 saturated carbocycles. The summed E-state index contributed by atoms with van der Waals surface area (Å²) >= 11 is 0. The molecule has 3 rings (SSSR count). The Kier molecular flexibility index (Phi) is 7.11. The van der Waals surface area contributed by atoms with Crippen molar-refractivity contribution in [1.29, 1.82) is 0 Å². The SMILES string of the molecule is CCN(CC(=O)O)C1CC(NC(=O)Nc2ccc(OCC3CCCO3)cc2)C1. The molecule has 2 amide bonds. The fourth-order valence-corrected chi connectivity index (χ4v) is 3.63. The largest absolute Gasteiger partial charge is 0.491 e. The number of carbonyl (C=O) groups excluding carboxylic acids is 1. The number of ether oxygens (including phenoxy) is 2. The number of anilines is 1. The Hall–Kier alpha value is -2.32. The lowest BCUT2D eigenvalue weighted by atomic mass is 9.85. The minimum absolute atomic E-state index is 0.0430. The highest BCUT2D eigenvalue weighted by Gasteiger charge is 2.34. The van der Waals surface area contributed by atoms with E-state index in [9.17, 15) is 9.59 Å². The predicted molar refractivity (Wildman–Crippen MR) is 105 cm³/mol. The molecule has 0 spiro atoms. The number of nitrogens with zero attached hydrogens (tertiary/aromatic N) is 1. The number of hydrogen-bond donors (Lipinski definition) is 3. The van der Waals surface area contributed by atoms with Crippen LogP contribution in [0.15, 0.2) is 24.3 Å². The van der Waals surface area contributed by atoms with Gasteiger partial charge in [0.2, 0.25) is 0 Å². The van der Waals surface area contributed by atoms with Gasteiger partial charge in [-0.05, 0) is 56.5 Å². The third kappa shape index (κ3) is 5.84. The second kappa shape index (κ2) is 9.75. The van der Waals surface area contributed by atoms with Crippen LogP contribution >= 0.6 is 0 Å². The van der Waals surface area contributed by atoms with Crippen molar-refractivity contribution in [3.05, 3.63) is 24.3 Å². The molecule has 1 aromatic carbocycles. The van der Waals surface area contributed by atoms with Crippen LogP contribution in [0, 0.1) is 0 Å². The smallest absolute Gasteiger partial charge is 0.319 e. The van der Waals surface area contributed by atoms with Gasteiger partial charge in [-0.25, -0.2) is 4.79 Å². The van der Waals surface area contributed by atoms with E-state index in [1.807, 2.05) is 24.0 Å². The Labute approximate surface area is 165 Å². The summed E-state index contributed by atoms with van der Waals surface area (Å²) in [7, 11) is 0. The van der Waals surface area contributed by atoms with E-state index in [2.05, 4.69) is 10.6 Å². The molecule has 0 radical (unpaired) electrons. The summed E-state index contributed by atoms with van der Waals surface area (Å²) in [5.74, 6) is -0.0689. The van der Waals surface area contributed by atoms with Gasteiger partial charge in [0.25, 0.3) is 0 Å². The fourth-order valence-electron chi connectivity index (χ4n) is 3.63. The van der Waals surface area contributed by atoms with Gasteiger partial charge in [0.1, 0.15) is 12.4 Å². The monoisotopic (exact) mass is 391 g/mol. The molecule has 1 heterocycles. The standard InChI is InChI=1S/C20H29N3O5/c1-2-23(12-19(24)25)16-10-15(11-16)22-20(26)21-14-5-7-17(8-6-14)28-13-18-4-3-9-27-18/h5-8,15-16,18H,2-4,9-13H2,1H3,(H,24,25)(H2,21,22,26). The predicted octanol–water partition coefficient (Wildman–Crippen LogP) is 2.30. The summed E-state index contributed by atoms with van der Waals surface area (Å²) in [6, 6.07) is 7.30. The van der Waals surface area contributed by atoms with E-state index in [0.29, 0.717) is 18.8 Å². The summed E-state index contributed by atoms with van der Waals surface area (Å²) in [5, 5.41) is 14.7. The molecule has 0 aromatic heterocycles. The van der Waals surface area contributed by atoms with Gasteiger partial charge in [-0.1, -0.05) is 6.92 Å². The van der Waals surface area contributed by atoms with Crippen LogP contribution in [0.3, 0.4) is 0 Å². The molecule has 154 valence electrons. The first kappa shape index (κ1) is 20.4. The quantitative estimate of drug-likeness (QED) is 0.597. The van der Waals surface area contributed by atoms with Crippen LogP contribution in [0.2, 0.25) is 0 Å². The topological polar surface area (TPSA) is 100 Å². The first-order valence-electron chi connectivity index (χ1n) is 9.91. The van der Waals surface area contributed by atoms with Crippen LogP contribution in [-0.2, 0) is 9.53 Å². The maximum Gasteiger partial charge on any atom is 0.319 e. The van der Waals surface area contributed by atoms with Gasteiger partial charge < -0.3 is 25.2 Å². The van der Waals surface area contributed by atoms with E-state index in [4.69, 9.17) is 14.6 Å². The van der Waals surface area contributed by atoms with Crippen LogP contribution in [0.4, 0.5) is 10.5 Å². The minimum Gasteiger partial charge on any atom is -0.491 e. The second-order valence-corrected chi connectivity index (χ2v) is 7.35. The van der Waals surface area contributed by atoms with Gasteiger partial charge >= 0.3 is 12.0 Å². The maximum absolute atomic E-state index is 12.1. The third-order valence-electron chi connectivity index (χ3n) is 5.28. The number of nitrogens with one attached hydrogen (secondary N) is 2. The highest BCUT2D eigenvalue weighted by molar-refractivity contribution is 5.89. The summed E-state index contributed by atoms with van der Waals surface area (Å²) in [4.78, 5) is 24.9. The fraction of sp³-hybridized carbons (Fsp3) is 0.600. The molecule has 28 heavy (non-hydrogen) atoms. The lowest BCUT2D eigenvalue weighted by Gasteiger charge is -2.42. The number of benzene rings is 1. The number of amides is 2. The molecule has 8 nitrogen and oxygen atoms in total. The van der Waals surface area contributed by atoms with Crippen molar-refractivity contribution in [3.63, 3.8) is 0 Å². The summed E-state index contributed by atoms with van der Waals surface area (Å²) in [6.07, 6.45) is 3.83. The molecule has 1 aromatic rings. The van der Waals surface area contributed by atoms with Crippen LogP contribution in [0.1, 0.15) is 32.6 Å². The van der Waals surface area contributed by atoms with E-state index >= 15 is 0 Å². The van der Waals surface area contributed by atoms with Gasteiger partial charge in [0.15, 0.2) is 0 Å². The van der Waals surface area contributed by atoms with Crippen molar-refractivity contribution in [2.24, 2.45) is 0 Å². The number of carboxylic acids is 1. The van der Waals surface area contributed by atoms with E-state index in [1.54, 1.807) is 12.1 Å². The Morgan fingerprint density at radius 1 is 1.29 bits per heavy atom. The number of rotatable bonds is 9. The minimum atomic E-state index is -0.820. The van der Waals surface area contributed by atoms with Gasteiger partial charge in [0.05, 0.1) is 12.6 Å². The number of urea groups is 1. The highest BCUT2D eigenvalue weighted by atomic mass is 16.5. The number of carboxylic acid groups (broad SMARTS) is 1. The van der Waals surface area contributed by atoms with Gasteiger partial charge in [0, 0.05) is 24.4 Å². The molecule has 8 heteroatoms. The number of hydrogen-bond acceptors (Lipinski definition) is 5. The van der Waals surface area contributed by atoms with E-state index in [0.717, 1.165) is 38.0 Å². The van der Waals surface area contributed by atoms with Crippen LogP contribution in [0.25, 0.3) is 0 Å². The van der Waals surface area contributed by atoms with Crippen LogP contribution < -0.4 is 15.4 Å². The molecule has 1 saturated heterocycles. The summed E-state index contributed by atoms with van der Waals surface area (Å²) < 4.78 is 11.2. The van der Waals surface area contributed by atoms with Crippen molar-refractivity contribution < 1.29 is 24.2 Å². The first-order chi connectivity index (χ1) is 13.5. The zero-order chi connectivity index (χ0) is 19.9. The molecular weight excluding hydrogens is 362 g/mol. The van der Waals surface area contributed by atoms with Crippen molar-refractivity contribution in [2.75, 3.05) is 31.6 Å². The maximum atomic E-state index is 12.1.